The molecule has 7 heteroatoms. The minimum absolute atomic E-state index is 0.199. The minimum Gasteiger partial charge on any atom is -0.492 e. The Bertz CT molecular complexity index is 357. The van der Waals surface area contributed by atoms with Crippen molar-refractivity contribution in [3.05, 3.63) is 22.7 Å². The Hall–Kier alpha value is -0.950. The normalized spacial score (nSPS) is 11.3. The zero-order valence-corrected chi connectivity index (χ0v) is 9.64. The highest BCUT2D eigenvalue weighted by Gasteiger charge is 2.32. The average Bonchev–Trinajstić information content (AvgIpc) is 2.17. The maximum atomic E-state index is 12.0. The van der Waals surface area contributed by atoms with Gasteiger partial charge in [-0.25, -0.2) is 0 Å². The van der Waals surface area contributed by atoms with E-state index in [0.717, 1.165) is 6.07 Å². The summed E-state index contributed by atoms with van der Waals surface area (Å²) < 4.78 is 45.1. The van der Waals surface area contributed by atoms with Gasteiger partial charge >= 0.3 is 6.36 Å². The van der Waals surface area contributed by atoms with Gasteiger partial charge in [-0.2, -0.15) is 0 Å². The third-order valence-electron chi connectivity index (χ3n) is 1.51. The van der Waals surface area contributed by atoms with Crippen molar-refractivity contribution in [3.8, 4) is 11.5 Å². The van der Waals surface area contributed by atoms with E-state index in [9.17, 15) is 13.2 Å². The summed E-state index contributed by atoms with van der Waals surface area (Å²) >= 11 is 2.95. The molecule has 90 valence electrons. The summed E-state index contributed by atoms with van der Waals surface area (Å²) in [5.41, 5.74) is 5.20. The smallest absolute Gasteiger partial charge is 0.492 e. The number of hydrogen-bond acceptors (Lipinski definition) is 3. The van der Waals surface area contributed by atoms with Gasteiger partial charge in [0, 0.05) is 12.6 Å². The van der Waals surface area contributed by atoms with Crippen LogP contribution in [0.3, 0.4) is 0 Å². The third kappa shape index (κ3) is 4.28. The maximum absolute atomic E-state index is 12.0. The predicted molar refractivity (Wildman–Crippen MR) is 55.4 cm³/mol. The molecule has 3 nitrogen and oxygen atoms in total. The number of ether oxygens (including phenoxy) is 2. The number of hydrogen-bond donors (Lipinski definition) is 1. The lowest BCUT2D eigenvalue weighted by atomic mass is 10.3. The highest BCUT2D eigenvalue weighted by molar-refractivity contribution is 9.10. The summed E-state index contributed by atoms with van der Waals surface area (Å²) in [7, 11) is 0. The Balaban J connectivity index is 2.82. The molecule has 0 aliphatic rings. The molecular formula is C9H9BrF3NO2. The molecule has 1 aromatic carbocycles. The number of alkyl halides is 3. The predicted octanol–water partition coefficient (Wildman–Crippen LogP) is 2.69. The Morgan fingerprint density at radius 3 is 2.56 bits per heavy atom. The van der Waals surface area contributed by atoms with Crippen LogP contribution in [0.25, 0.3) is 0 Å². The van der Waals surface area contributed by atoms with E-state index in [0.29, 0.717) is 0 Å². The lowest BCUT2D eigenvalue weighted by molar-refractivity contribution is -0.274. The Kier molecular flexibility index (Phi) is 4.43. The van der Waals surface area contributed by atoms with Crippen LogP contribution in [0.4, 0.5) is 13.2 Å². The Morgan fingerprint density at radius 2 is 2.00 bits per heavy atom. The molecule has 2 N–H and O–H groups in total. The second kappa shape index (κ2) is 5.40. The lowest BCUT2D eigenvalue weighted by Crippen LogP contribution is -2.17. The Labute approximate surface area is 98.5 Å². The molecule has 0 fully saturated rings. The highest BCUT2D eigenvalue weighted by Crippen LogP contribution is 2.33. The molecule has 1 rings (SSSR count). The van der Waals surface area contributed by atoms with E-state index in [1.165, 1.54) is 12.1 Å². The van der Waals surface area contributed by atoms with Crippen molar-refractivity contribution >= 4 is 15.9 Å². The first-order valence-corrected chi connectivity index (χ1v) is 5.10. The first-order chi connectivity index (χ1) is 7.42. The quantitative estimate of drug-likeness (QED) is 0.930. The lowest BCUT2D eigenvalue weighted by Gasteiger charge is -2.12. The minimum atomic E-state index is -4.73. The van der Waals surface area contributed by atoms with Crippen LogP contribution in [0.2, 0.25) is 0 Å². The first kappa shape index (κ1) is 13.1. The Morgan fingerprint density at radius 1 is 1.31 bits per heavy atom. The molecule has 0 radical (unpaired) electrons. The molecule has 0 amide bonds. The number of halogens is 4. The van der Waals surface area contributed by atoms with Gasteiger partial charge in [0.05, 0.1) is 4.47 Å². The summed E-state index contributed by atoms with van der Waals surface area (Å²) in [4.78, 5) is 0. The molecule has 0 atom stereocenters. The van der Waals surface area contributed by atoms with Crippen molar-refractivity contribution in [1.29, 1.82) is 0 Å². The monoisotopic (exact) mass is 299 g/mol. The molecule has 1 aromatic rings. The molecule has 0 aromatic heterocycles. The number of benzene rings is 1. The summed E-state index contributed by atoms with van der Waals surface area (Å²) in [5.74, 6) is -0.0741. The van der Waals surface area contributed by atoms with Crippen molar-refractivity contribution in [2.24, 2.45) is 5.73 Å². The van der Waals surface area contributed by atoms with E-state index in [1.54, 1.807) is 0 Å². The van der Waals surface area contributed by atoms with E-state index in [2.05, 4.69) is 20.7 Å². The molecule has 0 spiro atoms. The van der Waals surface area contributed by atoms with Gasteiger partial charge in [-0.05, 0) is 28.1 Å². The second-order valence-electron chi connectivity index (χ2n) is 2.78. The fourth-order valence-electron chi connectivity index (χ4n) is 0.953. The van der Waals surface area contributed by atoms with Crippen molar-refractivity contribution in [3.63, 3.8) is 0 Å². The zero-order valence-electron chi connectivity index (χ0n) is 8.05. The molecule has 0 bridgehead atoms. The van der Waals surface area contributed by atoms with Crippen molar-refractivity contribution < 1.29 is 22.6 Å². The second-order valence-corrected chi connectivity index (χ2v) is 3.63. The van der Waals surface area contributed by atoms with Gasteiger partial charge in [0.25, 0.3) is 0 Å². The summed E-state index contributed by atoms with van der Waals surface area (Å²) in [6, 6.07) is 4.07. The van der Waals surface area contributed by atoms with Gasteiger partial charge < -0.3 is 15.2 Å². The van der Waals surface area contributed by atoms with Gasteiger partial charge in [-0.3, -0.25) is 0 Å². The van der Waals surface area contributed by atoms with Gasteiger partial charge in [-0.1, -0.05) is 0 Å². The van der Waals surface area contributed by atoms with E-state index in [1.807, 2.05) is 0 Å². The summed E-state index contributed by atoms with van der Waals surface area (Å²) in [5, 5.41) is 0. The molecule has 0 aliphatic carbocycles. The SMILES string of the molecule is NCCOc1ccc(Br)c(OC(F)(F)F)c1. The van der Waals surface area contributed by atoms with E-state index >= 15 is 0 Å². The third-order valence-corrected chi connectivity index (χ3v) is 2.17. The van der Waals surface area contributed by atoms with Crippen LogP contribution in [0.5, 0.6) is 11.5 Å². The molecule has 0 heterocycles. The van der Waals surface area contributed by atoms with E-state index < -0.39 is 6.36 Å². The fourth-order valence-corrected chi connectivity index (χ4v) is 1.28. The van der Waals surface area contributed by atoms with Gasteiger partial charge in [0.2, 0.25) is 0 Å². The topological polar surface area (TPSA) is 44.5 Å². The molecule has 16 heavy (non-hydrogen) atoms. The molecule has 0 aliphatic heterocycles. The van der Waals surface area contributed by atoms with Crippen LogP contribution in [-0.2, 0) is 0 Å². The van der Waals surface area contributed by atoms with Crippen molar-refractivity contribution in [2.45, 2.75) is 6.36 Å². The van der Waals surface area contributed by atoms with Crippen LogP contribution >= 0.6 is 15.9 Å². The molecule has 0 saturated heterocycles. The maximum Gasteiger partial charge on any atom is 0.573 e. The van der Waals surface area contributed by atoms with E-state index in [4.69, 9.17) is 10.5 Å². The number of nitrogens with two attached hydrogens (primary N) is 1. The van der Waals surface area contributed by atoms with Crippen LogP contribution in [0.15, 0.2) is 22.7 Å². The van der Waals surface area contributed by atoms with Crippen LogP contribution in [0.1, 0.15) is 0 Å². The van der Waals surface area contributed by atoms with Crippen molar-refractivity contribution in [1.82, 2.24) is 0 Å². The molecular weight excluding hydrogens is 291 g/mol. The molecule has 0 saturated carbocycles. The van der Waals surface area contributed by atoms with Gasteiger partial charge in [-0.15, -0.1) is 13.2 Å². The standard InChI is InChI=1S/C9H9BrF3NO2/c10-7-2-1-6(15-4-3-14)5-8(7)16-9(11,12)13/h1-2,5H,3-4,14H2. The van der Waals surface area contributed by atoms with Crippen LogP contribution in [-0.4, -0.2) is 19.5 Å². The van der Waals surface area contributed by atoms with E-state index in [-0.39, 0.29) is 29.1 Å². The zero-order chi connectivity index (χ0) is 12.2. The van der Waals surface area contributed by atoms with Crippen LogP contribution < -0.4 is 15.2 Å². The summed E-state index contributed by atoms with van der Waals surface area (Å²) in [6.45, 7) is 0.513. The summed E-state index contributed by atoms with van der Waals surface area (Å²) in [6.07, 6.45) is -4.73. The highest BCUT2D eigenvalue weighted by atomic mass is 79.9. The largest absolute Gasteiger partial charge is 0.573 e. The fraction of sp³-hybridized carbons (Fsp3) is 0.333. The van der Waals surface area contributed by atoms with Crippen molar-refractivity contribution in [2.75, 3.05) is 13.2 Å². The number of rotatable bonds is 4. The average molecular weight is 300 g/mol. The molecule has 0 unspecified atom stereocenters. The van der Waals surface area contributed by atoms with Gasteiger partial charge in [0.1, 0.15) is 18.1 Å². The first-order valence-electron chi connectivity index (χ1n) is 4.30. The van der Waals surface area contributed by atoms with Crippen LogP contribution in [0, 0.1) is 0 Å². The van der Waals surface area contributed by atoms with Gasteiger partial charge in [0.15, 0.2) is 0 Å².